The van der Waals surface area contributed by atoms with Crippen LogP contribution in [0.1, 0.15) is 0 Å². The first-order chi connectivity index (χ1) is 8.16. The Hall–Kier alpha value is -2.30. The van der Waals surface area contributed by atoms with Gasteiger partial charge in [0.25, 0.3) is 0 Å². The fourth-order valence-corrected chi connectivity index (χ4v) is 1.49. The summed E-state index contributed by atoms with van der Waals surface area (Å²) in [5.74, 6) is 0.536. The molecule has 0 radical (unpaired) electrons. The van der Waals surface area contributed by atoms with Crippen molar-refractivity contribution in [3.05, 3.63) is 36.7 Å². The SMILES string of the molecule is CN(C)c1ccccc1Nc1ncc(N)cn1. The standard InChI is InChI=1S/C12H15N5/c1-17(2)11-6-4-3-5-10(11)16-12-14-7-9(13)8-15-12/h3-8H,13H2,1-2H3,(H,14,15,16). The minimum Gasteiger partial charge on any atom is -0.396 e. The van der Waals surface area contributed by atoms with Crippen molar-refractivity contribution in [3.63, 3.8) is 0 Å². The van der Waals surface area contributed by atoms with Crippen LogP contribution >= 0.6 is 0 Å². The molecular weight excluding hydrogens is 214 g/mol. The lowest BCUT2D eigenvalue weighted by molar-refractivity contribution is 1.12. The Morgan fingerprint density at radius 1 is 1.12 bits per heavy atom. The number of nitrogen functional groups attached to an aromatic ring is 1. The van der Waals surface area contributed by atoms with E-state index in [9.17, 15) is 0 Å². The van der Waals surface area contributed by atoms with E-state index in [0.29, 0.717) is 11.6 Å². The Morgan fingerprint density at radius 3 is 2.41 bits per heavy atom. The molecule has 2 aromatic rings. The normalized spacial score (nSPS) is 10.0. The molecule has 5 heteroatoms. The van der Waals surface area contributed by atoms with Gasteiger partial charge in [0.1, 0.15) is 0 Å². The lowest BCUT2D eigenvalue weighted by Gasteiger charge is -2.17. The number of para-hydroxylation sites is 2. The Bertz CT molecular complexity index is 493. The van der Waals surface area contributed by atoms with Crippen LogP contribution in [0.25, 0.3) is 0 Å². The second-order valence-corrected chi connectivity index (χ2v) is 3.88. The minimum atomic E-state index is 0.536. The van der Waals surface area contributed by atoms with E-state index < -0.39 is 0 Å². The fourth-order valence-electron chi connectivity index (χ4n) is 1.49. The van der Waals surface area contributed by atoms with Gasteiger partial charge in [-0.1, -0.05) is 12.1 Å². The molecule has 0 atom stereocenters. The van der Waals surface area contributed by atoms with Crippen molar-refractivity contribution in [1.29, 1.82) is 0 Å². The van der Waals surface area contributed by atoms with E-state index in [0.717, 1.165) is 11.4 Å². The van der Waals surface area contributed by atoms with Gasteiger partial charge in [-0.15, -0.1) is 0 Å². The van der Waals surface area contributed by atoms with Crippen molar-refractivity contribution in [2.24, 2.45) is 0 Å². The molecule has 0 spiro atoms. The number of nitrogens with zero attached hydrogens (tertiary/aromatic N) is 3. The molecule has 17 heavy (non-hydrogen) atoms. The molecule has 0 aliphatic heterocycles. The Kier molecular flexibility index (Phi) is 3.09. The number of hydrogen-bond donors (Lipinski definition) is 2. The molecule has 0 aliphatic rings. The summed E-state index contributed by atoms with van der Waals surface area (Å²) in [6.07, 6.45) is 3.15. The molecule has 2 rings (SSSR count). The highest BCUT2D eigenvalue weighted by atomic mass is 15.1. The molecule has 0 bridgehead atoms. The highest BCUT2D eigenvalue weighted by Gasteiger charge is 2.04. The number of hydrogen-bond acceptors (Lipinski definition) is 5. The van der Waals surface area contributed by atoms with Gasteiger partial charge in [0.2, 0.25) is 5.95 Å². The first kappa shape index (κ1) is 11.2. The topological polar surface area (TPSA) is 67.1 Å². The van der Waals surface area contributed by atoms with E-state index in [-0.39, 0.29) is 0 Å². The van der Waals surface area contributed by atoms with Crippen LogP contribution < -0.4 is 16.0 Å². The van der Waals surface area contributed by atoms with E-state index in [1.54, 1.807) is 12.4 Å². The third-order valence-corrected chi connectivity index (χ3v) is 2.30. The summed E-state index contributed by atoms with van der Waals surface area (Å²) >= 11 is 0. The highest BCUT2D eigenvalue weighted by Crippen LogP contribution is 2.25. The predicted molar refractivity (Wildman–Crippen MR) is 70.5 cm³/mol. The number of anilines is 4. The van der Waals surface area contributed by atoms with Gasteiger partial charge in [-0.3, -0.25) is 0 Å². The lowest BCUT2D eigenvalue weighted by atomic mass is 10.2. The van der Waals surface area contributed by atoms with Gasteiger partial charge in [-0.25, -0.2) is 9.97 Å². The summed E-state index contributed by atoms with van der Waals surface area (Å²) in [7, 11) is 3.98. The minimum absolute atomic E-state index is 0.536. The third-order valence-electron chi connectivity index (χ3n) is 2.30. The van der Waals surface area contributed by atoms with Crippen molar-refractivity contribution < 1.29 is 0 Å². The largest absolute Gasteiger partial charge is 0.396 e. The van der Waals surface area contributed by atoms with E-state index in [2.05, 4.69) is 15.3 Å². The van der Waals surface area contributed by atoms with Crippen molar-refractivity contribution in [2.75, 3.05) is 30.0 Å². The average molecular weight is 229 g/mol. The van der Waals surface area contributed by atoms with Gasteiger partial charge in [0, 0.05) is 14.1 Å². The zero-order valence-electron chi connectivity index (χ0n) is 9.88. The smallest absolute Gasteiger partial charge is 0.227 e. The quantitative estimate of drug-likeness (QED) is 0.841. The highest BCUT2D eigenvalue weighted by molar-refractivity contribution is 5.72. The van der Waals surface area contributed by atoms with Crippen LogP contribution in [0, 0.1) is 0 Å². The van der Waals surface area contributed by atoms with E-state index in [1.165, 1.54) is 0 Å². The van der Waals surface area contributed by atoms with Crippen LogP contribution in [0.3, 0.4) is 0 Å². The molecule has 0 saturated carbocycles. The molecule has 3 N–H and O–H groups in total. The molecule has 0 amide bonds. The average Bonchev–Trinajstić information content (AvgIpc) is 2.32. The number of aromatic nitrogens is 2. The number of benzene rings is 1. The van der Waals surface area contributed by atoms with Crippen LogP contribution in [0.4, 0.5) is 23.0 Å². The molecule has 1 aromatic carbocycles. The molecule has 0 aliphatic carbocycles. The van der Waals surface area contributed by atoms with E-state index in [1.807, 2.05) is 43.3 Å². The predicted octanol–water partition coefficient (Wildman–Crippen LogP) is 1.87. The summed E-state index contributed by atoms with van der Waals surface area (Å²) in [6.45, 7) is 0. The van der Waals surface area contributed by atoms with Gasteiger partial charge in [-0.2, -0.15) is 0 Å². The van der Waals surface area contributed by atoms with Crippen LogP contribution in [0.15, 0.2) is 36.7 Å². The fraction of sp³-hybridized carbons (Fsp3) is 0.167. The first-order valence-corrected chi connectivity index (χ1v) is 5.28. The number of nitrogens with one attached hydrogen (secondary N) is 1. The zero-order valence-corrected chi connectivity index (χ0v) is 9.88. The van der Waals surface area contributed by atoms with Gasteiger partial charge >= 0.3 is 0 Å². The van der Waals surface area contributed by atoms with Crippen LogP contribution in [-0.4, -0.2) is 24.1 Å². The summed E-state index contributed by atoms with van der Waals surface area (Å²) in [4.78, 5) is 10.2. The molecule has 5 nitrogen and oxygen atoms in total. The third kappa shape index (κ3) is 2.63. The first-order valence-electron chi connectivity index (χ1n) is 5.28. The van der Waals surface area contributed by atoms with Crippen LogP contribution in [0.5, 0.6) is 0 Å². The summed E-state index contributed by atoms with van der Waals surface area (Å²) < 4.78 is 0. The lowest BCUT2D eigenvalue weighted by Crippen LogP contribution is -2.11. The van der Waals surface area contributed by atoms with Gasteiger partial charge in [-0.05, 0) is 12.1 Å². The Labute approximate surface area is 100 Å². The van der Waals surface area contributed by atoms with Crippen LogP contribution in [-0.2, 0) is 0 Å². The molecule has 88 valence electrons. The maximum absolute atomic E-state index is 5.54. The van der Waals surface area contributed by atoms with Crippen molar-refractivity contribution in [3.8, 4) is 0 Å². The Balaban J connectivity index is 2.26. The number of nitrogens with two attached hydrogens (primary N) is 1. The maximum atomic E-state index is 5.54. The van der Waals surface area contributed by atoms with E-state index >= 15 is 0 Å². The summed E-state index contributed by atoms with van der Waals surface area (Å²) in [5.41, 5.74) is 8.13. The second kappa shape index (κ2) is 4.69. The maximum Gasteiger partial charge on any atom is 0.227 e. The van der Waals surface area contributed by atoms with Crippen LogP contribution in [0.2, 0.25) is 0 Å². The Morgan fingerprint density at radius 2 is 1.76 bits per heavy atom. The van der Waals surface area contributed by atoms with Crippen molar-refractivity contribution in [2.45, 2.75) is 0 Å². The molecule has 1 aromatic heterocycles. The van der Waals surface area contributed by atoms with Crippen molar-refractivity contribution in [1.82, 2.24) is 9.97 Å². The van der Waals surface area contributed by atoms with Gasteiger partial charge in [0.15, 0.2) is 0 Å². The van der Waals surface area contributed by atoms with Gasteiger partial charge < -0.3 is 16.0 Å². The molecule has 0 fully saturated rings. The molecule has 0 saturated heterocycles. The zero-order chi connectivity index (χ0) is 12.3. The van der Waals surface area contributed by atoms with Crippen molar-refractivity contribution >= 4 is 23.0 Å². The molecule has 0 unspecified atom stereocenters. The second-order valence-electron chi connectivity index (χ2n) is 3.88. The molecular formula is C12H15N5. The summed E-state index contributed by atoms with van der Waals surface area (Å²) in [5, 5.41) is 3.16. The monoisotopic (exact) mass is 229 g/mol. The van der Waals surface area contributed by atoms with Gasteiger partial charge in [0.05, 0.1) is 29.5 Å². The van der Waals surface area contributed by atoms with E-state index in [4.69, 9.17) is 5.73 Å². The summed E-state index contributed by atoms with van der Waals surface area (Å²) in [6, 6.07) is 7.96. The molecule has 1 heterocycles. The number of rotatable bonds is 3.